The fraction of sp³-hybridized carbons (Fsp3) is 0.0625. The normalized spacial score (nSPS) is 11.8. The molecule has 1 N–H and O–H groups in total. The van der Waals surface area contributed by atoms with Crippen molar-refractivity contribution in [1.29, 1.82) is 0 Å². The van der Waals surface area contributed by atoms with Crippen LogP contribution in [-0.4, -0.2) is 10.8 Å². The topological polar surface area (TPSA) is 32.9 Å². The number of ketones is 1. The Bertz CT molecular complexity index is 850. The standard InChI is InChI=1S/C16H9BrF3NO/c17-12-6-3-9-7-8-21-14(9)13(12)15(22)10-1-4-11(5-2-10)16(18,19)20/h1-8,21H. The van der Waals surface area contributed by atoms with Crippen molar-refractivity contribution in [3.63, 3.8) is 0 Å². The highest BCUT2D eigenvalue weighted by Crippen LogP contribution is 2.31. The second-order valence-corrected chi connectivity index (χ2v) is 5.62. The van der Waals surface area contributed by atoms with Crippen molar-refractivity contribution in [3.05, 3.63) is 69.8 Å². The van der Waals surface area contributed by atoms with Crippen LogP contribution < -0.4 is 0 Å². The van der Waals surface area contributed by atoms with E-state index < -0.39 is 11.7 Å². The molecule has 1 aromatic heterocycles. The molecule has 6 heteroatoms. The van der Waals surface area contributed by atoms with Crippen molar-refractivity contribution >= 4 is 32.6 Å². The van der Waals surface area contributed by atoms with Crippen molar-refractivity contribution in [1.82, 2.24) is 4.98 Å². The van der Waals surface area contributed by atoms with Gasteiger partial charge >= 0.3 is 6.18 Å². The first-order valence-corrected chi connectivity index (χ1v) is 7.15. The van der Waals surface area contributed by atoms with Crippen LogP contribution in [0, 0.1) is 0 Å². The molecule has 1 heterocycles. The number of aromatic amines is 1. The summed E-state index contributed by atoms with van der Waals surface area (Å²) in [5.41, 5.74) is 0.485. The Morgan fingerprint density at radius 2 is 1.68 bits per heavy atom. The summed E-state index contributed by atoms with van der Waals surface area (Å²) in [4.78, 5) is 15.6. The number of H-pyrrole nitrogens is 1. The molecule has 112 valence electrons. The van der Waals surface area contributed by atoms with Crippen LogP contribution in [0.3, 0.4) is 0 Å². The predicted octanol–water partition coefficient (Wildman–Crippen LogP) is 5.18. The monoisotopic (exact) mass is 367 g/mol. The van der Waals surface area contributed by atoms with Crippen molar-refractivity contribution in [2.45, 2.75) is 6.18 Å². The lowest BCUT2D eigenvalue weighted by atomic mass is 10.00. The van der Waals surface area contributed by atoms with Gasteiger partial charge in [-0.3, -0.25) is 4.79 Å². The van der Waals surface area contributed by atoms with E-state index in [0.717, 1.165) is 17.5 Å². The minimum atomic E-state index is -4.42. The molecule has 0 aliphatic rings. The van der Waals surface area contributed by atoms with Gasteiger partial charge in [0.25, 0.3) is 0 Å². The Hall–Kier alpha value is -2.08. The molecule has 22 heavy (non-hydrogen) atoms. The minimum Gasteiger partial charge on any atom is -0.361 e. The molecule has 0 radical (unpaired) electrons. The number of carbonyl (C=O) groups excluding carboxylic acids is 1. The Morgan fingerprint density at radius 3 is 2.32 bits per heavy atom. The first kappa shape index (κ1) is 14.8. The van der Waals surface area contributed by atoms with Gasteiger partial charge in [0, 0.05) is 21.6 Å². The molecule has 2 aromatic carbocycles. The van der Waals surface area contributed by atoms with Gasteiger partial charge in [-0.1, -0.05) is 18.2 Å². The molecule has 2 nitrogen and oxygen atoms in total. The number of nitrogens with one attached hydrogen (secondary N) is 1. The maximum atomic E-state index is 12.6. The molecule has 0 spiro atoms. The summed E-state index contributed by atoms with van der Waals surface area (Å²) in [6, 6.07) is 9.63. The van der Waals surface area contributed by atoms with E-state index in [-0.39, 0.29) is 11.3 Å². The van der Waals surface area contributed by atoms with E-state index in [4.69, 9.17) is 0 Å². The quantitative estimate of drug-likeness (QED) is 0.622. The lowest BCUT2D eigenvalue weighted by Gasteiger charge is -2.09. The average molecular weight is 368 g/mol. The van der Waals surface area contributed by atoms with Gasteiger partial charge in [0.05, 0.1) is 16.6 Å². The lowest BCUT2D eigenvalue weighted by molar-refractivity contribution is -0.137. The third-order valence-electron chi connectivity index (χ3n) is 3.38. The molecular formula is C16H9BrF3NO. The smallest absolute Gasteiger partial charge is 0.361 e. The van der Waals surface area contributed by atoms with E-state index >= 15 is 0 Å². The third-order valence-corrected chi connectivity index (χ3v) is 4.04. The fourth-order valence-corrected chi connectivity index (χ4v) is 2.79. The van der Waals surface area contributed by atoms with E-state index in [2.05, 4.69) is 20.9 Å². The van der Waals surface area contributed by atoms with Crippen LogP contribution in [0.1, 0.15) is 21.5 Å². The summed E-state index contributed by atoms with van der Waals surface area (Å²) in [5.74, 6) is -0.339. The van der Waals surface area contributed by atoms with Crippen molar-refractivity contribution in [2.75, 3.05) is 0 Å². The second kappa shape index (κ2) is 5.28. The largest absolute Gasteiger partial charge is 0.416 e. The summed E-state index contributed by atoms with van der Waals surface area (Å²) in [7, 11) is 0. The lowest BCUT2D eigenvalue weighted by Crippen LogP contribution is -2.07. The van der Waals surface area contributed by atoms with E-state index in [0.29, 0.717) is 15.6 Å². The average Bonchev–Trinajstić information content (AvgIpc) is 2.94. The molecule has 0 atom stereocenters. The summed E-state index contributed by atoms with van der Waals surface area (Å²) < 4.78 is 38.3. The molecular weight excluding hydrogens is 359 g/mol. The van der Waals surface area contributed by atoms with E-state index in [1.807, 2.05) is 12.1 Å². The molecule has 0 unspecified atom stereocenters. The van der Waals surface area contributed by atoms with Gasteiger partial charge in [-0.2, -0.15) is 13.2 Å². The summed E-state index contributed by atoms with van der Waals surface area (Å²) >= 11 is 3.33. The van der Waals surface area contributed by atoms with Crippen LogP contribution in [0.15, 0.2) is 53.1 Å². The molecule has 0 saturated heterocycles. The third kappa shape index (κ3) is 2.54. The second-order valence-electron chi connectivity index (χ2n) is 4.77. The highest BCUT2D eigenvalue weighted by Gasteiger charge is 2.30. The van der Waals surface area contributed by atoms with E-state index in [1.54, 1.807) is 12.3 Å². The summed E-state index contributed by atoms with van der Waals surface area (Å²) in [5, 5.41) is 0.860. The van der Waals surface area contributed by atoms with Gasteiger partial charge < -0.3 is 4.98 Å². The Balaban J connectivity index is 2.06. The molecule has 3 rings (SSSR count). The fourth-order valence-electron chi connectivity index (χ4n) is 2.28. The number of halogens is 4. The first-order valence-electron chi connectivity index (χ1n) is 6.35. The SMILES string of the molecule is O=C(c1ccc(C(F)(F)F)cc1)c1c(Br)ccc2cc[nH]c12. The first-order chi connectivity index (χ1) is 10.4. The number of fused-ring (bicyclic) bond motifs is 1. The van der Waals surface area contributed by atoms with Crippen LogP contribution in [-0.2, 0) is 6.18 Å². The highest BCUT2D eigenvalue weighted by molar-refractivity contribution is 9.10. The minimum absolute atomic E-state index is 0.204. The number of alkyl halides is 3. The maximum Gasteiger partial charge on any atom is 0.416 e. The predicted molar refractivity (Wildman–Crippen MR) is 80.9 cm³/mol. The van der Waals surface area contributed by atoms with Crippen LogP contribution in [0.25, 0.3) is 10.9 Å². The van der Waals surface area contributed by atoms with Crippen LogP contribution >= 0.6 is 15.9 Å². The van der Waals surface area contributed by atoms with Gasteiger partial charge in [-0.05, 0) is 40.2 Å². The van der Waals surface area contributed by atoms with Crippen LogP contribution in [0.4, 0.5) is 13.2 Å². The molecule has 0 amide bonds. The summed E-state index contributed by atoms with van der Waals surface area (Å²) in [6.45, 7) is 0. The summed E-state index contributed by atoms with van der Waals surface area (Å²) in [6.07, 6.45) is -2.71. The van der Waals surface area contributed by atoms with Crippen molar-refractivity contribution < 1.29 is 18.0 Å². The number of carbonyl (C=O) groups is 1. The van der Waals surface area contributed by atoms with Crippen LogP contribution in [0.5, 0.6) is 0 Å². The molecule has 0 saturated carbocycles. The van der Waals surface area contributed by atoms with E-state index in [1.165, 1.54) is 12.1 Å². The number of rotatable bonds is 2. The number of hydrogen-bond acceptors (Lipinski definition) is 1. The molecule has 3 aromatic rings. The number of hydrogen-bond donors (Lipinski definition) is 1. The van der Waals surface area contributed by atoms with Gasteiger partial charge in [-0.25, -0.2) is 0 Å². The van der Waals surface area contributed by atoms with Crippen LogP contribution in [0.2, 0.25) is 0 Å². The van der Waals surface area contributed by atoms with Gasteiger partial charge in [0.15, 0.2) is 5.78 Å². The Labute approximate surface area is 132 Å². The molecule has 0 aliphatic carbocycles. The number of aromatic nitrogens is 1. The van der Waals surface area contributed by atoms with Gasteiger partial charge in [0.1, 0.15) is 0 Å². The van der Waals surface area contributed by atoms with E-state index in [9.17, 15) is 18.0 Å². The molecule has 0 bridgehead atoms. The molecule has 0 aliphatic heterocycles. The van der Waals surface area contributed by atoms with Gasteiger partial charge in [-0.15, -0.1) is 0 Å². The zero-order valence-electron chi connectivity index (χ0n) is 11.0. The van der Waals surface area contributed by atoms with Crippen molar-refractivity contribution in [3.8, 4) is 0 Å². The Morgan fingerprint density at radius 1 is 1.00 bits per heavy atom. The number of benzene rings is 2. The highest BCUT2D eigenvalue weighted by atomic mass is 79.9. The Kier molecular flexibility index (Phi) is 3.56. The van der Waals surface area contributed by atoms with Gasteiger partial charge in [0.2, 0.25) is 0 Å². The maximum absolute atomic E-state index is 12.6. The molecule has 0 fully saturated rings. The zero-order chi connectivity index (χ0) is 15.9. The zero-order valence-corrected chi connectivity index (χ0v) is 12.6. The van der Waals surface area contributed by atoms with Crippen molar-refractivity contribution in [2.24, 2.45) is 0 Å².